The van der Waals surface area contributed by atoms with Crippen LogP contribution in [0.1, 0.15) is 280 Å². The number of anilines is 2. The lowest BCUT2D eigenvalue weighted by Crippen LogP contribution is -2.30. The number of nitrogens with one attached hydrogen (secondary N) is 3. The monoisotopic (exact) mass is 2140 g/mol. The van der Waals surface area contributed by atoms with Crippen molar-refractivity contribution in [1.82, 2.24) is 43.5 Å². The molecule has 0 radical (unpaired) electrons. The number of carbonyl (C=O) groups is 6. The summed E-state index contributed by atoms with van der Waals surface area (Å²) in [5.74, 6) is 1.95. The average Bonchev–Trinajstić information content (AvgIpc) is 0.844. The van der Waals surface area contributed by atoms with Gasteiger partial charge in [-0.1, -0.05) is 264 Å². The fraction of sp³-hybridized carbons (Fsp3) is 0.510. The number of thioether (sulfide) groups is 1. The van der Waals surface area contributed by atoms with Gasteiger partial charge in [0.25, 0.3) is 11.1 Å². The van der Waals surface area contributed by atoms with Crippen molar-refractivity contribution in [2.75, 3.05) is 16.8 Å². The molecule has 0 aliphatic carbocycles. The SMILES string of the molecule is CC.CC(=O)C(C)C.CC(=O)SC(C)C.CC(C)C.CC(C)C.CC(C)C.CC(C)C(=O)NO.CC(C)C(=O)Nc1ccccc1N.CC(C)C(=O)O.CC(C)NC(=O)CS.CC(C)P(=O)(O)O.CC(C)S.CC(C)n1ccc(=O)c(O)c1.CC(C)n1ccc(=S)c(O)c1.CC(C)n1cccc(O)c1=O.CC(C)n1cccc(O)c1=S.O=c1ccccn1O.Oc1cccc2cccnc12.On1ccccc1=S. The summed E-state index contributed by atoms with van der Waals surface area (Å²) in [7, 11) is -3.74. The Labute approximate surface area is 882 Å². The summed E-state index contributed by atoms with van der Waals surface area (Å²) in [6.45, 7) is 71.6. The number of amides is 3. The first kappa shape index (κ1) is 153. The number of phenolic OH excluding ortho intramolecular Hbond substituents is 1. The molecule has 7 heterocycles. The number of Topliss-reactive ketones (excluding diaryl/α,β-unsaturated/α-hetero) is 1. The number of carboxylic acids is 1. The minimum Gasteiger partial charge on any atom is -0.506 e. The molecule has 0 aliphatic rings. The number of hydrogen-bond donors (Lipinski definition) is 17. The highest BCUT2D eigenvalue weighted by Gasteiger charge is 2.17. The highest BCUT2D eigenvalue weighted by atomic mass is 32.2. The molecule has 9 aromatic rings. The van der Waals surface area contributed by atoms with E-state index in [4.69, 9.17) is 70.9 Å². The molecule has 16 N–H and O–H groups in total. The molecule has 814 valence electrons. The van der Waals surface area contributed by atoms with E-state index in [1.165, 1.54) is 72.4 Å². The third kappa shape index (κ3) is 96.2. The number of nitrogens with two attached hydrogens (primary N) is 1. The summed E-state index contributed by atoms with van der Waals surface area (Å²) in [5, 5.41) is 86.5. The zero-order chi connectivity index (χ0) is 114. The van der Waals surface area contributed by atoms with Gasteiger partial charge in [-0.3, -0.25) is 57.9 Å². The number of rotatable bonds is 13. The predicted molar refractivity (Wildman–Crippen MR) is 606 cm³/mol. The number of carboxylic acid groups (broad SMARTS) is 1. The van der Waals surface area contributed by atoms with E-state index in [0.717, 1.165) is 27.9 Å². The van der Waals surface area contributed by atoms with Crippen LogP contribution in [0.5, 0.6) is 28.7 Å². The van der Waals surface area contributed by atoms with Gasteiger partial charge in [0, 0.05) is 127 Å². The number of hydroxylamine groups is 1. The van der Waals surface area contributed by atoms with Crippen molar-refractivity contribution in [3.05, 3.63) is 228 Å². The van der Waals surface area contributed by atoms with Gasteiger partial charge in [-0.15, -0.1) is 0 Å². The fourth-order valence-electron chi connectivity index (χ4n) is 7.07. The van der Waals surface area contributed by atoms with Crippen LogP contribution in [0, 0.1) is 55.2 Å². The van der Waals surface area contributed by atoms with Gasteiger partial charge < -0.3 is 85.5 Å². The van der Waals surface area contributed by atoms with E-state index in [-0.39, 0.29) is 116 Å². The summed E-state index contributed by atoms with van der Waals surface area (Å²) < 4.78 is 19.9. The Hall–Kier alpha value is -10.4. The number of aromatic hydroxyl groups is 5. The van der Waals surface area contributed by atoms with Gasteiger partial charge in [0.2, 0.25) is 23.2 Å². The molecule has 9 rings (SSSR count). The molecule has 2 aromatic carbocycles. The molecule has 0 atom stereocenters. The number of thiol groups is 2. The maximum absolute atomic E-state index is 11.3. The van der Waals surface area contributed by atoms with Crippen LogP contribution < -0.4 is 38.4 Å². The van der Waals surface area contributed by atoms with Gasteiger partial charge in [-0.25, -0.2) is 5.48 Å². The van der Waals surface area contributed by atoms with Gasteiger partial charge >= 0.3 is 13.6 Å². The largest absolute Gasteiger partial charge is 0.506 e. The summed E-state index contributed by atoms with van der Waals surface area (Å²) in [5.41, 5.74) is 7.51. The molecular weight excluding hydrogens is 1960 g/mol. The Balaban J connectivity index is -0.000000165. The van der Waals surface area contributed by atoms with Crippen LogP contribution in [-0.2, 0) is 33.3 Å². The number of benzene rings is 2. The van der Waals surface area contributed by atoms with E-state index in [1.807, 2.05) is 190 Å². The number of ketones is 1. The van der Waals surface area contributed by atoms with Gasteiger partial charge in [-0.2, -0.15) is 34.7 Å². The predicted octanol–water partition coefficient (Wildman–Crippen LogP) is 24.8. The first-order valence-electron chi connectivity index (χ1n) is 46.7. The minimum absolute atomic E-state index is 0.0108. The Bertz CT molecular complexity index is 5060. The second kappa shape index (κ2) is 90.4. The van der Waals surface area contributed by atoms with E-state index >= 15 is 0 Å². The third-order valence-electron chi connectivity index (χ3n) is 14.6. The Morgan fingerprint density at radius 2 is 0.874 bits per heavy atom. The third-order valence-corrected chi connectivity index (χ3v) is 18.2. The molecule has 0 unspecified atom stereocenters. The van der Waals surface area contributed by atoms with E-state index < -0.39 is 24.8 Å². The quantitative estimate of drug-likeness (QED) is 0.00969. The molecule has 143 heavy (non-hydrogen) atoms. The van der Waals surface area contributed by atoms with E-state index in [2.05, 4.69) is 115 Å². The van der Waals surface area contributed by atoms with Gasteiger partial charge in [0.1, 0.15) is 37.8 Å². The standard InChI is InChI=1S/C10H14N2O.C9H7NO.2C8H11NO2.2C8H11NOS.C5H5NO2.C5H5NOS.C5H11NOS.C5H10OS.C5H10O.C4H9NO2.C4H8O2.3C4H10.C3H9O3P.C3H8S.C2H6/c1-7(2)10(13)12-9-6-4-3-5-8(9)11;11-8-5-1-3-7-4-2-6-10-9(7)8;1-6(2)9-4-3-7(10)8(11)5-9;1-6(2)9-5-3-4-7(10)8(9)11;1-6(2)9-4-3-8(11)7(10)5-9;1-6(2)9-5-3-4-7(10)8(9)11;7-5-3-1-2-4-6(5)8;7-6-4-2-1-3-5(6)8;1-4(2)6-5(7)3-8;1-4(2)7-5(3)6;1-4(2)5(3)6;1-3(2)4(6)5-7;1-3(2)4(5)6;3*1-4(2)3;1-3(2)7(4,5)6;1-3(2)4;1-2/h3-7H,11H2,1-2H3,(H,12,13);1-6,11H;3-6,11H,1-2H3;3*3-6,10H,1-2H3;1-4,8H;1-4,7H;4,8H,3H2,1-2H3,(H,6,7);4H,1-3H3;4H,1-3H3;3,7H,1-2H3,(H,5,6);3H,1-2H3,(H,5,6);3*4H,1-3H3;3H,1-2H3,(H2,4,5,6);3-4H,1-2H3;1-2H3. The molecule has 7 aromatic heterocycles. The number of pyridine rings is 7. The molecule has 0 fully saturated rings. The molecule has 0 saturated heterocycles. The highest BCUT2D eigenvalue weighted by molar-refractivity contribution is 8.14. The molecule has 39 heteroatoms. The number of carbonyl (C=O) groups excluding carboxylic acids is 5. The van der Waals surface area contributed by atoms with Crippen molar-refractivity contribution in [1.29, 1.82) is 0 Å². The number of nitrogen functional groups attached to an aromatic ring is 1. The van der Waals surface area contributed by atoms with Crippen molar-refractivity contribution in [2.45, 2.75) is 303 Å². The Kier molecular flexibility index (Phi) is 96.5. The molecule has 32 nitrogen and oxygen atoms in total. The zero-order valence-corrected chi connectivity index (χ0v) is 97.3. The van der Waals surface area contributed by atoms with Crippen LogP contribution in [0.25, 0.3) is 10.9 Å². The highest BCUT2D eigenvalue weighted by Crippen LogP contribution is 2.40. The lowest BCUT2D eigenvalue weighted by atomic mass is 10.1. The number of hydrogen-bond acceptors (Lipinski definition) is 26. The molecule has 0 saturated carbocycles. The summed E-state index contributed by atoms with van der Waals surface area (Å²) in [4.78, 5) is 115. The van der Waals surface area contributed by atoms with Crippen molar-refractivity contribution in [3.63, 3.8) is 0 Å². The maximum atomic E-state index is 11.3. The number of fused-ring (bicyclic) bond motifs is 1. The van der Waals surface area contributed by atoms with Crippen LogP contribution in [0.3, 0.4) is 0 Å². The molecule has 3 amide bonds. The molecule has 0 bridgehead atoms. The second-order valence-corrected chi connectivity index (χ2v) is 42.2. The molecule has 0 aliphatic heterocycles. The van der Waals surface area contributed by atoms with Crippen molar-refractivity contribution < 1.29 is 89.4 Å². The van der Waals surface area contributed by atoms with Crippen LogP contribution >= 0.6 is 81.3 Å². The van der Waals surface area contributed by atoms with E-state index in [9.17, 15) is 63.0 Å². The summed E-state index contributed by atoms with van der Waals surface area (Å²) in [6.07, 6.45) is 14.6. The first-order chi connectivity index (χ1) is 65.7. The molecule has 0 spiro atoms. The van der Waals surface area contributed by atoms with Crippen molar-refractivity contribution in [3.8, 4) is 28.7 Å². The first-order valence-corrected chi connectivity index (χ1v) is 51.7. The zero-order valence-electron chi connectivity index (χ0n) is 91.4. The molecular formula is C104H176N11O21PS6. The lowest BCUT2D eigenvalue weighted by molar-refractivity contribution is -0.140. The average molecular weight is 2140 g/mol. The van der Waals surface area contributed by atoms with Crippen molar-refractivity contribution in [2.24, 2.45) is 41.4 Å². The number of phenols is 1. The summed E-state index contributed by atoms with van der Waals surface area (Å²) >= 11 is 23.6. The van der Waals surface area contributed by atoms with Crippen molar-refractivity contribution >= 4 is 138 Å². The van der Waals surface area contributed by atoms with Crippen LogP contribution in [-0.4, -0.2) is 151 Å². The van der Waals surface area contributed by atoms with Crippen LogP contribution in [0.15, 0.2) is 198 Å². The van der Waals surface area contributed by atoms with E-state index in [1.54, 1.807) is 150 Å². The fourth-order valence-corrected chi connectivity index (χ4v) is 8.42. The Morgan fingerprint density at radius 3 is 1.15 bits per heavy atom. The smallest absolute Gasteiger partial charge is 0.328 e. The van der Waals surface area contributed by atoms with E-state index in [0.29, 0.717) is 58.0 Å². The van der Waals surface area contributed by atoms with Crippen LogP contribution in [0.4, 0.5) is 11.4 Å². The van der Waals surface area contributed by atoms with Gasteiger partial charge in [-0.05, 0) is 172 Å². The lowest BCUT2D eigenvalue weighted by Gasteiger charge is -2.10. The number of aromatic nitrogens is 7. The Morgan fingerprint density at radius 1 is 0.483 bits per heavy atom. The summed E-state index contributed by atoms with van der Waals surface area (Å²) in [6, 6.07) is 36.6. The number of para-hydroxylation sites is 3. The van der Waals surface area contributed by atoms with Gasteiger partial charge in [0.15, 0.2) is 16.6 Å². The van der Waals surface area contributed by atoms with Gasteiger partial charge in [0.05, 0.1) is 39.4 Å². The van der Waals surface area contributed by atoms with Crippen LogP contribution in [0.2, 0.25) is 0 Å². The topological polar surface area (TPSA) is 498 Å². The second-order valence-electron chi connectivity index (χ2n) is 35.6. The minimum atomic E-state index is -3.74. The normalized spacial score (nSPS) is 9.83. The number of aliphatic carboxylic acids is 1. The maximum Gasteiger partial charge on any atom is 0.328 e. The number of nitrogens with zero attached hydrogens (tertiary/aromatic N) is 7.